The highest BCUT2D eigenvalue weighted by Gasteiger charge is 2.42. The minimum atomic E-state index is -4.18. The Morgan fingerprint density at radius 1 is 1.13 bits per heavy atom. The molecule has 158 valence electrons. The van der Waals surface area contributed by atoms with Crippen LogP contribution in [0.5, 0.6) is 0 Å². The van der Waals surface area contributed by atoms with Crippen molar-refractivity contribution < 1.29 is 13.2 Å². The number of aryl methyl sites for hydroxylation is 1. The second-order valence-corrected chi connectivity index (χ2v) is 8.81. The lowest BCUT2D eigenvalue weighted by atomic mass is 9.81. The number of halogens is 4. The van der Waals surface area contributed by atoms with Crippen LogP contribution < -0.4 is 5.56 Å². The lowest BCUT2D eigenvalue weighted by molar-refractivity contribution is -0.182. The van der Waals surface area contributed by atoms with Crippen LogP contribution in [0.25, 0.3) is 16.3 Å². The number of benzene rings is 1. The summed E-state index contributed by atoms with van der Waals surface area (Å²) < 4.78 is 40.8. The molecule has 2 aromatic heterocycles. The molecule has 1 saturated carbocycles. The fraction of sp³-hybridized carbons (Fsp3) is 0.381. The Morgan fingerprint density at radius 2 is 1.80 bits per heavy atom. The average Bonchev–Trinajstić information content (AvgIpc) is 3.22. The maximum atomic E-state index is 13.5. The zero-order valence-electron chi connectivity index (χ0n) is 16.1. The molecule has 30 heavy (non-hydrogen) atoms. The van der Waals surface area contributed by atoms with Gasteiger partial charge >= 0.3 is 6.18 Å². The van der Waals surface area contributed by atoms with Crippen molar-refractivity contribution >= 4 is 22.9 Å². The van der Waals surface area contributed by atoms with Crippen molar-refractivity contribution in [2.24, 2.45) is 5.92 Å². The summed E-state index contributed by atoms with van der Waals surface area (Å²) in [4.78, 5) is 22.5. The van der Waals surface area contributed by atoms with E-state index >= 15 is 0 Å². The lowest BCUT2D eigenvalue weighted by Crippen LogP contribution is -2.32. The largest absolute Gasteiger partial charge is 0.391 e. The predicted octanol–water partition coefficient (Wildman–Crippen LogP) is 6.15. The average molecular weight is 454 g/mol. The summed E-state index contributed by atoms with van der Waals surface area (Å²) in [7, 11) is 0. The molecular weight excluding hydrogens is 435 g/mol. The standard InChI is InChI=1S/C21H19ClF3N3OS/c1-12-17(19-26-10-11-30-19)20(29)28(16-8-6-15(22)7-9-16)18(27-12)13-2-4-14(5-3-13)21(23,24)25/h6-11,13-14H,2-5H2,1H3/t13-,14+. The van der Waals surface area contributed by atoms with Gasteiger partial charge in [0, 0.05) is 22.5 Å². The Hall–Kier alpha value is -2.19. The van der Waals surface area contributed by atoms with Crippen LogP contribution in [0, 0.1) is 12.8 Å². The molecule has 3 aromatic rings. The molecule has 1 aliphatic rings. The molecule has 9 heteroatoms. The second kappa shape index (κ2) is 8.15. The zero-order valence-corrected chi connectivity index (χ0v) is 17.7. The van der Waals surface area contributed by atoms with Gasteiger partial charge in [0.25, 0.3) is 5.56 Å². The van der Waals surface area contributed by atoms with Gasteiger partial charge in [-0.15, -0.1) is 11.3 Å². The van der Waals surface area contributed by atoms with Gasteiger partial charge < -0.3 is 0 Å². The molecular formula is C21H19ClF3N3OS. The van der Waals surface area contributed by atoms with Crippen molar-refractivity contribution in [2.75, 3.05) is 0 Å². The van der Waals surface area contributed by atoms with Gasteiger partial charge in [-0.25, -0.2) is 9.97 Å². The fourth-order valence-electron chi connectivity index (χ4n) is 4.03. The Morgan fingerprint density at radius 3 is 2.37 bits per heavy atom. The quantitative estimate of drug-likeness (QED) is 0.477. The summed E-state index contributed by atoms with van der Waals surface area (Å²) in [5.74, 6) is -1.02. The molecule has 1 fully saturated rings. The number of hydrogen-bond acceptors (Lipinski definition) is 4. The molecule has 4 rings (SSSR count). The predicted molar refractivity (Wildman–Crippen MR) is 111 cm³/mol. The molecule has 0 unspecified atom stereocenters. The van der Waals surface area contributed by atoms with Crippen LogP contribution in [0.1, 0.15) is 43.1 Å². The van der Waals surface area contributed by atoms with Crippen molar-refractivity contribution in [3.8, 4) is 16.3 Å². The first-order valence-corrected chi connectivity index (χ1v) is 10.9. The molecule has 2 heterocycles. The molecule has 0 aliphatic heterocycles. The number of aromatic nitrogens is 3. The van der Waals surface area contributed by atoms with Gasteiger partial charge in [-0.1, -0.05) is 11.6 Å². The van der Waals surface area contributed by atoms with Gasteiger partial charge in [0.2, 0.25) is 0 Å². The number of nitrogens with zero attached hydrogens (tertiary/aromatic N) is 3. The number of alkyl halides is 3. The maximum Gasteiger partial charge on any atom is 0.391 e. The van der Waals surface area contributed by atoms with E-state index in [1.54, 1.807) is 42.8 Å². The smallest absolute Gasteiger partial charge is 0.268 e. The van der Waals surface area contributed by atoms with Crippen LogP contribution in [0.3, 0.4) is 0 Å². The van der Waals surface area contributed by atoms with Crippen LogP contribution in [0.4, 0.5) is 13.2 Å². The van der Waals surface area contributed by atoms with E-state index < -0.39 is 12.1 Å². The molecule has 0 atom stereocenters. The van der Waals surface area contributed by atoms with Crippen LogP contribution in [0.15, 0.2) is 40.6 Å². The first kappa shape index (κ1) is 21.1. The van der Waals surface area contributed by atoms with Gasteiger partial charge in [0.1, 0.15) is 10.8 Å². The third-order valence-electron chi connectivity index (χ3n) is 5.58. The second-order valence-electron chi connectivity index (χ2n) is 7.47. The summed E-state index contributed by atoms with van der Waals surface area (Å²) in [6, 6.07) is 6.79. The topological polar surface area (TPSA) is 47.8 Å². The first-order chi connectivity index (χ1) is 14.3. The van der Waals surface area contributed by atoms with Gasteiger partial charge in [0.05, 0.1) is 22.9 Å². The zero-order chi connectivity index (χ0) is 21.5. The minimum Gasteiger partial charge on any atom is -0.268 e. The Kier molecular flexibility index (Phi) is 5.72. The summed E-state index contributed by atoms with van der Waals surface area (Å²) >= 11 is 7.35. The highest BCUT2D eigenvalue weighted by Crippen LogP contribution is 2.43. The van der Waals surface area contributed by atoms with E-state index in [4.69, 9.17) is 16.6 Å². The van der Waals surface area contributed by atoms with Crippen molar-refractivity contribution in [2.45, 2.75) is 44.7 Å². The third-order valence-corrected chi connectivity index (χ3v) is 6.62. The summed E-state index contributed by atoms with van der Waals surface area (Å²) in [6.07, 6.45) is -1.81. The molecule has 0 spiro atoms. The van der Waals surface area contributed by atoms with E-state index in [2.05, 4.69) is 4.98 Å². The van der Waals surface area contributed by atoms with E-state index in [0.717, 1.165) is 0 Å². The fourth-order valence-corrected chi connectivity index (χ4v) is 4.89. The normalized spacial score (nSPS) is 19.8. The van der Waals surface area contributed by atoms with E-state index in [1.165, 1.54) is 15.9 Å². The summed E-state index contributed by atoms with van der Waals surface area (Å²) in [6.45, 7) is 1.75. The van der Waals surface area contributed by atoms with Crippen LogP contribution in [0.2, 0.25) is 5.02 Å². The summed E-state index contributed by atoms with van der Waals surface area (Å²) in [5, 5.41) is 2.88. The number of thiazole rings is 1. The molecule has 1 aromatic carbocycles. The highest BCUT2D eigenvalue weighted by atomic mass is 35.5. The molecule has 4 nitrogen and oxygen atoms in total. The molecule has 0 bridgehead atoms. The van der Waals surface area contributed by atoms with Gasteiger partial charge in [-0.2, -0.15) is 13.2 Å². The van der Waals surface area contributed by atoms with E-state index in [9.17, 15) is 18.0 Å². The van der Waals surface area contributed by atoms with E-state index in [-0.39, 0.29) is 24.3 Å². The van der Waals surface area contributed by atoms with Crippen LogP contribution in [-0.2, 0) is 0 Å². The van der Waals surface area contributed by atoms with E-state index in [0.29, 0.717) is 45.6 Å². The maximum absolute atomic E-state index is 13.5. The lowest BCUT2D eigenvalue weighted by Gasteiger charge is -2.31. The first-order valence-electron chi connectivity index (χ1n) is 9.61. The van der Waals surface area contributed by atoms with Gasteiger partial charge in [0.15, 0.2) is 0 Å². The van der Waals surface area contributed by atoms with Crippen LogP contribution in [-0.4, -0.2) is 20.7 Å². The van der Waals surface area contributed by atoms with Crippen LogP contribution >= 0.6 is 22.9 Å². The van der Waals surface area contributed by atoms with Crippen molar-refractivity contribution in [1.29, 1.82) is 0 Å². The molecule has 0 saturated heterocycles. The van der Waals surface area contributed by atoms with Gasteiger partial charge in [-0.05, 0) is 56.9 Å². The summed E-state index contributed by atoms with van der Waals surface area (Å²) in [5.41, 5.74) is 1.26. The Bertz CT molecular complexity index is 1090. The Labute approximate surface area is 180 Å². The molecule has 0 amide bonds. The molecule has 0 N–H and O–H groups in total. The molecule has 1 aliphatic carbocycles. The highest BCUT2D eigenvalue weighted by molar-refractivity contribution is 7.13. The minimum absolute atomic E-state index is 0.0396. The van der Waals surface area contributed by atoms with Gasteiger partial charge in [-0.3, -0.25) is 9.36 Å². The van der Waals surface area contributed by atoms with Crippen molar-refractivity contribution in [3.05, 3.63) is 62.7 Å². The number of hydrogen-bond donors (Lipinski definition) is 0. The Balaban J connectivity index is 1.82. The SMILES string of the molecule is Cc1nc([C@H]2CC[C@@H](C(F)(F)F)CC2)n(-c2ccc(Cl)cc2)c(=O)c1-c1nccs1. The molecule has 0 radical (unpaired) electrons. The van der Waals surface area contributed by atoms with Crippen molar-refractivity contribution in [1.82, 2.24) is 14.5 Å². The third kappa shape index (κ3) is 4.03. The van der Waals surface area contributed by atoms with E-state index in [1.807, 2.05) is 0 Å². The van der Waals surface area contributed by atoms with Crippen molar-refractivity contribution in [3.63, 3.8) is 0 Å². The monoisotopic (exact) mass is 453 g/mol. The number of rotatable bonds is 3.